The molecule has 148 valence electrons. The van der Waals surface area contributed by atoms with Crippen LogP contribution in [0.3, 0.4) is 0 Å². The van der Waals surface area contributed by atoms with Crippen molar-refractivity contribution in [2.24, 2.45) is 0 Å². The van der Waals surface area contributed by atoms with Crippen LogP contribution in [0.15, 0.2) is 84.9 Å². The Balaban J connectivity index is 1.76. The maximum absolute atomic E-state index is 9.83. The average Bonchev–Trinajstić information content (AvgIpc) is 2.84. The molecule has 0 N–H and O–H groups in total. The van der Waals surface area contributed by atoms with Crippen LogP contribution in [0.2, 0.25) is 0 Å². The van der Waals surface area contributed by atoms with Crippen LogP contribution in [0.25, 0.3) is 22.5 Å². The Morgan fingerprint density at radius 3 is 2.19 bits per heavy atom. The fourth-order valence-corrected chi connectivity index (χ4v) is 3.41. The second kappa shape index (κ2) is 8.95. The molecule has 0 aliphatic rings. The van der Waals surface area contributed by atoms with E-state index >= 15 is 0 Å². The molecule has 0 saturated carbocycles. The van der Waals surface area contributed by atoms with Crippen LogP contribution in [-0.2, 0) is 6.42 Å². The van der Waals surface area contributed by atoms with E-state index in [1.54, 1.807) is 6.07 Å². The lowest BCUT2D eigenvalue weighted by Gasteiger charge is -2.12. The van der Waals surface area contributed by atoms with Gasteiger partial charge in [-0.2, -0.15) is 10.5 Å². The number of nitriles is 2. The van der Waals surface area contributed by atoms with E-state index in [2.05, 4.69) is 12.1 Å². The first-order valence-corrected chi connectivity index (χ1v) is 9.99. The average molecular weight is 401 g/mol. The van der Waals surface area contributed by atoms with Gasteiger partial charge in [0.1, 0.15) is 17.6 Å². The quantitative estimate of drug-likeness (QED) is 0.382. The number of nitrogens with zero attached hydrogens (tertiary/aromatic N) is 3. The van der Waals surface area contributed by atoms with E-state index in [1.165, 1.54) is 0 Å². The Morgan fingerprint density at radius 1 is 0.774 bits per heavy atom. The lowest BCUT2D eigenvalue weighted by Crippen LogP contribution is -1.99. The zero-order chi connectivity index (χ0) is 21.6. The molecule has 0 aliphatic heterocycles. The molecule has 0 bridgehead atoms. The first kappa shape index (κ1) is 19.9. The van der Waals surface area contributed by atoms with Crippen molar-refractivity contribution in [1.82, 2.24) is 4.98 Å². The topological polar surface area (TPSA) is 69.7 Å². The molecule has 4 heteroatoms. The van der Waals surface area contributed by atoms with E-state index in [1.807, 2.05) is 85.8 Å². The van der Waals surface area contributed by atoms with Gasteiger partial charge in [0.05, 0.1) is 28.6 Å². The number of aryl methyl sites for hydroxylation is 1. The molecular weight excluding hydrogens is 382 g/mol. The Labute approximate surface area is 181 Å². The van der Waals surface area contributed by atoms with Gasteiger partial charge in [-0.25, -0.2) is 4.98 Å². The molecule has 0 fully saturated rings. The molecule has 0 spiro atoms. The van der Waals surface area contributed by atoms with Crippen LogP contribution in [0.1, 0.15) is 23.6 Å². The smallest absolute Gasteiger partial charge is 0.127 e. The van der Waals surface area contributed by atoms with E-state index in [0.717, 1.165) is 28.1 Å². The van der Waals surface area contributed by atoms with Gasteiger partial charge in [0, 0.05) is 11.1 Å². The predicted octanol–water partition coefficient (Wildman–Crippen LogP) is 6.51. The molecule has 4 rings (SSSR count). The van der Waals surface area contributed by atoms with Gasteiger partial charge in [0.15, 0.2) is 0 Å². The van der Waals surface area contributed by atoms with Crippen molar-refractivity contribution in [2.75, 3.05) is 0 Å². The molecule has 31 heavy (non-hydrogen) atoms. The van der Waals surface area contributed by atoms with Crippen molar-refractivity contribution in [3.63, 3.8) is 0 Å². The summed E-state index contributed by atoms with van der Waals surface area (Å²) in [4.78, 5) is 4.81. The van der Waals surface area contributed by atoms with Gasteiger partial charge >= 0.3 is 0 Å². The minimum atomic E-state index is 0.569. The van der Waals surface area contributed by atoms with Gasteiger partial charge in [-0.15, -0.1) is 0 Å². The summed E-state index contributed by atoms with van der Waals surface area (Å²) in [6, 6.07) is 30.9. The van der Waals surface area contributed by atoms with Gasteiger partial charge in [0.25, 0.3) is 0 Å². The summed E-state index contributed by atoms with van der Waals surface area (Å²) in [6.07, 6.45) is 0.707. The summed E-state index contributed by atoms with van der Waals surface area (Å²) in [5, 5.41) is 19.1. The molecule has 4 nitrogen and oxygen atoms in total. The third kappa shape index (κ3) is 4.29. The number of benzene rings is 3. The molecule has 0 saturated heterocycles. The number of hydrogen-bond donors (Lipinski definition) is 0. The summed E-state index contributed by atoms with van der Waals surface area (Å²) in [5.74, 6) is 1.47. The number of para-hydroxylation sites is 1. The zero-order valence-electron chi connectivity index (χ0n) is 17.0. The Bertz CT molecular complexity index is 1300. The number of aromatic nitrogens is 1. The molecule has 1 heterocycles. The fourth-order valence-electron chi connectivity index (χ4n) is 3.41. The summed E-state index contributed by atoms with van der Waals surface area (Å²) in [6.45, 7) is 2.02. The molecule has 0 aliphatic carbocycles. The van der Waals surface area contributed by atoms with Crippen LogP contribution in [-0.4, -0.2) is 4.98 Å². The molecule has 0 radical (unpaired) electrons. The predicted molar refractivity (Wildman–Crippen MR) is 120 cm³/mol. The van der Waals surface area contributed by atoms with Crippen LogP contribution in [0.4, 0.5) is 0 Å². The normalized spacial score (nSPS) is 10.2. The van der Waals surface area contributed by atoms with Gasteiger partial charge < -0.3 is 4.74 Å². The van der Waals surface area contributed by atoms with E-state index < -0.39 is 0 Å². The molecule has 0 amide bonds. The van der Waals surface area contributed by atoms with Crippen molar-refractivity contribution < 1.29 is 4.74 Å². The second-order valence-electron chi connectivity index (χ2n) is 6.99. The van der Waals surface area contributed by atoms with Crippen LogP contribution in [0, 0.1) is 22.7 Å². The fraction of sp³-hybridized carbons (Fsp3) is 0.0741. The summed E-state index contributed by atoms with van der Waals surface area (Å²) in [7, 11) is 0. The van der Waals surface area contributed by atoms with Gasteiger partial charge in [-0.1, -0.05) is 37.3 Å². The van der Waals surface area contributed by atoms with Crippen molar-refractivity contribution in [1.29, 1.82) is 10.5 Å². The highest BCUT2D eigenvalue weighted by atomic mass is 16.5. The lowest BCUT2D eigenvalue weighted by atomic mass is 9.97. The highest BCUT2D eigenvalue weighted by Gasteiger charge is 2.15. The maximum atomic E-state index is 9.83. The van der Waals surface area contributed by atoms with Gasteiger partial charge in [-0.3, -0.25) is 0 Å². The number of rotatable bonds is 5. The Morgan fingerprint density at radius 2 is 1.52 bits per heavy atom. The summed E-state index contributed by atoms with van der Waals surface area (Å²) < 4.78 is 5.87. The highest BCUT2D eigenvalue weighted by molar-refractivity contribution is 5.74. The molecule has 4 aromatic rings. The number of hydrogen-bond acceptors (Lipinski definition) is 4. The van der Waals surface area contributed by atoms with Crippen molar-refractivity contribution in [3.8, 4) is 46.2 Å². The van der Waals surface area contributed by atoms with E-state index in [9.17, 15) is 10.5 Å². The van der Waals surface area contributed by atoms with E-state index in [-0.39, 0.29) is 0 Å². The van der Waals surface area contributed by atoms with Crippen molar-refractivity contribution in [2.45, 2.75) is 13.3 Å². The third-order valence-corrected chi connectivity index (χ3v) is 4.99. The SMILES string of the molecule is CCc1cc(-c2cccc(C#N)c2)nc(-c2ccc(Oc3ccccc3)cc2)c1C#N. The minimum absolute atomic E-state index is 0.569. The standard InChI is InChI=1S/C27H19N3O/c1-2-20-16-26(22-8-6-7-19(15-22)17-28)30-27(25(20)18-29)21-11-13-24(14-12-21)31-23-9-4-3-5-10-23/h3-16H,2H2,1H3. The number of ether oxygens (including phenoxy) is 1. The highest BCUT2D eigenvalue weighted by Crippen LogP contribution is 2.31. The molecule has 0 unspecified atom stereocenters. The number of pyridine rings is 1. The van der Waals surface area contributed by atoms with Gasteiger partial charge in [-0.05, 0) is 66.6 Å². The Kier molecular flexibility index (Phi) is 5.74. The lowest BCUT2D eigenvalue weighted by molar-refractivity contribution is 0.483. The van der Waals surface area contributed by atoms with Crippen molar-refractivity contribution in [3.05, 3.63) is 102 Å². The van der Waals surface area contributed by atoms with Gasteiger partial charge in [0.2, 0.25) is 0 Å². The van der Waals surface area contributed by atoms with Crippen LogP contribution in [0.5, 0.6) is 11.5 Å². The summed E-state index contributed by atoms with van der Waals surface area (Å²) in [5.41, 5.74) is 5.13. The van der Waals surface area contributed by atoms with Crippen molar-refractivity contribution >= 4 is 0 Å². The first-order valence-electron chi connectivity index (χ1n) is 9.99. The zero-order valence-corrected chi connectivity index (χ0v) is 17.0. The third-order valence-electron chi connectivity index (χ3n) is 4.99. The van der Waals surface area contributed by atoms with Crippen LogP contribution >= 0.6 is 0 Å². The molecular formula is C27H19N3O. The Hall–Kier alpha value is -4.41. The monoisotopic (exact) mass is 401 g/mol. The van der Waals surface area contributed by atoms with E-state index in [0.29, 0.717) is 29.0 Å². The van der Waals surface area contributed by atoms with E-state index in [4.69, 9.17) is 9.72 Å². The minimum Gasteiger partial charge on any atom is -0.457 e. The van der Waals surface area contributed by atoms with Crippen LogP contribution < -0.4 is 4.74 Å². The first-order chi connectivity index (χ1) is 15.2. The largest absolute Gasteiger partial charge is 0.457 e. The molecule has 0 atom stereocenters. The molecule has 3 aromatic carbocycles. The second-order valence-corrected chi connectivity index (χ2v) is 6.99. The maximum Gasteiger partial charge on any atom is 0.127 e. The molecule has 1 aromatic heterocycles. The summed E-state index contributed by atoms with van der Waals surface area (Å²) >= 11 is 0.